The van der Waals surface area contributed by atoms with Crippen LogP contribution in [0, 0.1) is 10.8 Å². The number of epoxide rings is 1. The molecule has 3 heterocycles. The summed E-state index contributed by atoms with van der Waals surface area (Å²) in [4.78, 5) is 25.3. The molecule has 308 valence electrons. The van der Waals surface area contributed by atoms with E-state index in [0.717, 1.165) is 32.7 Å². The van der Waals surface area contributed by atoms with Crippen LogP contribution in [0.25, 0.3) is 0 Å². The highest BCUT2D eigenvalue weighted by molar-refractivity contribution is 5.76. The number of nitrogens with zero attached hydrogens (tertiary/aromatic N) is 1. The van der Waals surface area contributed by atoms with Gasteiger partial charge < -0.3 is 62.5 Å². The number of aliphatic hydroxyl groups excluding tert-OH is 1. The molecule has 0 aliphatic carbocycles. The number of esters is 2. The van der Waals surface area contributed by atoms with Gasteiger partial charge in [0.2, 0.25) is 12.6 Å². The van der Waals surface area contributed by atoms with Gasteiger partial charge in [0.25, 0.3) is 0 Å². The van der Waals surface area contributed by atoms with Crippen LogP contribution in [-0.2, 0) is 61.7 Å². The lowest BCUT2D eigenvalue weighted by molar-refractivity contribution is -0.181. The van der Waals surface area contributed by atoms with Gasteiger partial charge in [-0.25, -0.2) is 0 Å². The van der Waals surface area contributed by atoms with Crippen LogP contribution in [0.3, 0.4) is 0 Å². The first-order valence-corrected chi connectivity index (χ1v) is 18.8. The van der Waals surface area contributed by atoms with Crippen molar-refractivity contribution in [3.8, 4) is 0 Å². The molecule has 3 aliphatic rings. The summed E-state index contributed by atoms with van der Waals surface area (Å²) < 4.78 is 58.0. The van der Waals surface area contributed by atoms with Crippen molar-refractivity contribution in [2.45, 2.75) is 67.0 Å². The maximum absolute atomic E-state index is 12.1. The molecule has 2 unspecified atom stereocenters. The quantitative estimate of drug-likeness (QED) is 0.208. The fourth-order valence-corrected chi connectivity index (χ4v) is 3.84. The first-order chi connectivity index (χ1) is 25.0. The molecule has 0 saturated carbocycles. The number of aliphatic hydroxyl groups is 1. The number of carbonyl (C=O) groups is 2. The predicted octanol–water partition coefficient (Wildman–Crippen LogP) is 1.64. The molecule has 16 heteroatoms. The molecule has 0 spiro atoms. The van der Waals surface area contributed by atoms with Crippen molar-refractivity contribution in [1.82, 2.24) is 10.2 Å². The number of hydrogen-bond acceptors (Lipinski definition) is 16. The lowest BCUT2D eigenvalue weighted by Gasteiger charge is -2.27. The molecule has 0 bridgehead atoms. The van der Waals surface area contributed by atoms with Crippen LogP contribution >= 0.6 is 0 Å². The molecule has 3 saturated heterocycles. The Morgan fingerprint density at radius 2 is 0.981 bits per heavy atom. The summed E-state index contributed by atoms with van der Waals surface area (Å²) in [5.41, 5.74) is -0.976. The molecule has 0 aromatic carbocycles. The molecule has 16 nitrogen and oxygen atoms in total. The number of β-amino-alcohol motifs (C(OH)–C–C–N with tert-alkyl or cyclic N) is 1. The average molecular weight is 755 g/mol. The molecule has 2 N–H and O–H groups in total. The largest absolute Gasteiger partial charge is 0.434 e. The van der Waals surface area contributed by atoms with Crippen LogP contribution in [0.5, 0.6) is 0 Å². The van der Waals surface area contributed by atoms with E-state index in [1.807, 2.05) is 32.6 Å². The second kappa shape index (κ2) is 30.7. The SMILES string of the molecule is C1COCCOCCOCCOCCN1.CCC(C)(C)C(=O)OC(O)CN1CCOCCOCCOCCOCC1.CCC(C)(C)C(=O)OC1CO1. The summed E-state index contributed by atoms with van der Waals surface area (Å²) in [7, 11) is 0. The van der Waals surface area contributed by atoms with Crippen LogP contribution in [0.1, 0.15) is 54.4 Å². The Labute approximate surface area is 311 Å². The van der Waals surface area contributed by atoms with Crippen LogP contribution in [0.15, 0.2) is 0 Å². The molecule has 2 atom stereocenters. The molecule has 0 aromatic heterocycles. The van der Waals surface area contributed by atoms with E-state index < -0.39 is 17.7 Å². The average Bonchev–Trinajstić information content (AvgIpc) is 3.94. The van der Waals surface area contributed by atoms with Crippen molar-refractivity contribution in [3.63, 3.8) is 0 Å². The Hall–Kier alpha value is -1.54. The zero-order chi connectivity index (χ0) is 38.3. The molecule has 3 aliphatic heterocycles. The summed E-state index contributed by atoms with van der Waals surface area (Å²) in [6.07, 6.45) is 0.00233. The Balaban J connectivity index is 0.000000435. The van der Waals surface area contributed by atoms with Gasteiger partial charge in [-0.2, -0.15) is 0 Å². The molecular formula is C36H70N2O14. The van der Waals surface area contributed by atoms with E-state index in [1.165, 1.54) is 0 Å². The summed E-state index contributed by atoms with van der Waals surface area (Å²) in [6.45, 7) is 24.4. The van der Waals surface area contributed by atoms with Gasteiger partial charge in [-0.1, -0.05) is 13.8 Å². The number of hydrogen-bond donors (Lipinski definition) is 2. The van der Waals surface area contributed by atoms with E-state index in [0.29, 0.717) is 119 Å². The third kappa shape index (κ3) is 27.1. The highest BCUT2D eigenvalue weighted by Gasteiger charge is 2.34. The fourth-order valence-electron chi connectivity index (χ4n) is 3.84. The second-order valence-corrected chi connectivity index (χ2v) is 13.5. The third-order valence-corrected chi connectivity index (χ3v) is 8.25. The minimum absolute atomic E-state index is 0.164. The Morgan fingerprint density at radius 3 is 1.35 bits per heavy atom. The predicted molar refractivity (Wildman–Crippen MR) is 192 cm³/mol. The van der Waals surface area contributed by atoms with E-state index in [-0.39, 0.29) is 24.2 Å². The number of ether oxygens (including phenoxy) is 11. The van der Waals surface area contributed by atoms with Crippen LogP contribution in [-0.4, -0.2) is 180 Å². The molecular weight excluding hydrogens is 684 g/mol. The zero-order valence-electron chi connectivity index (χ0n) is 32.8. The standard InChI is InChI=1S/C18H35NO7.C10H21NO4.C8H14O3/c1-4-18(2,3)17(21)26-16(20)15-19-5-7-22-9-11-24-13-14-25-12-10-23-8-6-19;1-3-12-5-7-14-9-10-15-8-6-13-4-2-11-1;1-4-8(2,3)7(9)11-6-5-10-6/h16,20H,4-15H2,1-3H3;11H,1-10H2;6H,4-5H2,1-3H3. The van der Waals surface area contributed by atoms with Crippen molar-refractivity contribution in [2.24, 2.45) is 10.8 Å². The topological polar surface area (TPSA) is 174 Å². The van der Waals surface area contributed by atoms with E-state index in [4.69, 9.17) is 52.1 Å². The van der Waals surface area contributed by atoms with Gasteiger partial charge in [-0.15, -0.1) is 0 Å². The van der Waals surface area contributed by atoms with Crippen molar-refractivity contribution >= 4 is 11.9 Å². The molecule has 3 fully saturated rings. The van der Waals surface area contributed by atoms with E-state index in [2.05, 4.69) is 5.32 Å². The van der Waals surface area contributed by atoms with E-state index in [9.17, 15) is 14.7 Å². The lowest BCUT2D eigenvalue weighted by atomic mass is 9.91. The molecule has 0 amide bonds. The monoisotopic (exact) mass is 754 g/mol. The Morgan fingerprint density at radius 1 is 0.635 bits per heavy atom. The summed E-state index contributed by atoms with van der Waals surface area (Å²) in [5.74, 6) is -0.560. The fraction of sp³-hybridized carbons (Fsp3) is 0.944. The maximum atomic E-state index is 12.1. The zero-order valence-corrected chi connectivity index (χ0v) is 32.8. The number of nitrogens with one attached hydrogen (secondary N) is 1. The van der Waals surface area contributed by atoms with E-state index >= 15 is 0 Å². The van der Waals surface area contributed by atoms with Gasteiger partial charge in [0.05, 0.1) is 123 Å². The van der Waals surface area contributed by atoms with Gasteiger partial charge in [-0.05, 0) is 40.5 Å². The second-order valence-electron chi connectivity index (χ2n) is 13.5. The maximum Gasteiger partial charge on any atom is 0.313 e. The smallest absolute Gasteiger partial charge is 0.313 e. The highest BCUT2D eigenvalue weighted by Crippen LogP contribution is 2.24. The summed E-state index contributed by atoms with van der Waals surface area (Å²) in [5, 5.41) is 13.4. The van der Waals surface area contributed by atoms with Crippen molar-refractivity contribution in [2.75, 3.05) is 145 Å². The highest BCUT2D eigenvalue weighted by atomic mass is 16.8. The Bertz CT molecular complexity index is 803. The number of rotatable bonds is 8. The minimum atomic E-state index is -1.18. The Kier molecular flexibility index (Phi) is 28.7. The van der Waals surface area contributed by atoms with Gasteiger partial charge in [0.15, 0.2) is 0 Å². The van der Waals surface area contributed by atoms with Crippen LogP contribution in [0.2, 0.25) is 0 Å². The molecule has 0 aromatic rings. The van der Waals surface area contributed by atoms with Gasteiger partial charge in [-0.3, -0.25) is 14.5 Å². The van der Waals surface area contributed by atoms with Crippen LogP contribution < -0.4 is 5.32 Å². The molecule has 3 rings (SSSR count). The number of carbonyl (C=O) groups excluding carboxylic acids is 2. The normalized spacial score (nSPS) is 22.5. The first-order valence-electron chi connectivity index (χ1n) is 18.8. The summed E-state index contributed by atoms with van der Waals surface area (Å²) in [6, 6.07) is 0. The lowest BCUT2D eigenvalue weighted by Crippen LogP contribution is -2.41. The van der Waals surface area contributed by atoms with Gasteiger partial charge >= 0.3 is 11.9 Å². The van der Waals surface area contributed by atoms with E-state index in [1.54, 1.807) is 13.8 Å². The molecule has 0 radical (unpaired) electrons. The molecule has 52 heavy (non-hydrogen) atoms. The van der Waals surface area contributed by atoms with Crippen molar-refractivity contribution in [3.05, 3.63) is 0 Å². The van der Waals surface area contributed by atoms with Gasteiger partial charge in [0, 0.05) is 26.2 Å². The van der Waals surface area contributed by atoms with Crippen molar-refractivity contribution in [1.29, 1.82) is 0 Å². The van der Waals surface area contributed by atoms with Crippen LogP contribution in [0.4, 0.5) is 0 Å². The van der Waals surface area contributed by atoms with Gasteiger partial charge in [0.1, 0.15) is 6.61 Å². The van der Waals surface area contributed by atoms with Crippen molar-refractivity contribution < 1.29 is 66.8 Å². The summed E-state index contributed by atoms with van der Waals surface area (Å²) >= 11 is 0. The first kappa shape index (κ1) is 48.5. The minimum Gasteiger partial charge on any atom is -0.434 e. The third-order valence-electron chi connectivity index (χ3n) is 8.25.